The molecule has 1 atom stereocenters. The zero-order chi connectivity index (χ0) is 27.5. The smallest absolute Gasteiger partial charge is 0.409 e. The number of nitrogens with one attached hydrogen (secondary N) is 1. The Morgan fingerprint density at radius 1 is 1.05 bits per heavy atom. The second-order valence-corrected chi connectivity index (χ2v) is 8.65. The van der Waals surface area contributed by atoms with Gasteiger partial charge in [0.05, 0.1) is 13.2 Å². The predicted molar refractivity (Wildman–Crippen MR) is 136 cm³/mol. The third kappa shape index (κ3) is 7.97. The molecule has 1 aromatic carbocycles. The average Bonchev–Trinajstić information content (AvgIpc) is 2.94. The summed E-state index contributed by atoms with van der Waals surface area (Å²) in [6.07, 6.45) is -0.397. The van der Waals surface area contributed by atoms with E-state index < -0.39 is 29.9 Å². The van der Waals surface area contributed by atoms with Gasteiger partial charge in [-0.3, -0.25) is 14.4 Å². The van der Waals surface area contributed by atoms with Crippen molar-refractivity contribution < 1.29 is 33.8 Å². The van der Waals surface area contributed by atoms with Crippen molar-refractivity contribution >= 4 is 23.9 Å². The van der Waals surface area contributed by atoms with Crippen LogP contribution >= 0.6 is 0 Å². The number of carbonyl (C=O) groups excluding carboxylic acids is 3. The molecule has 0 spiro atoms. The van der Waals surface area contributed by atoms with Crippen molar-refractivity contribution in [1.82, 2.24) is 25.1 Å². The van der Waals surface area contributed by atoms with Crippen molar-refractivity contribution in [3.05, 3.63) is 47.8 Å². The van der Waals surface area contributed by atoms with Gasteiger partial charge in [0.1, 0.15) is 11.7 Å². The summed E-state index contributed by atoms with van der Waals surface area (Å²) in [6, 6.07) is 9.64. The lowest BCUT2D eigenvalue weighted by atomic mass is 10.1. The Kier molecular flexibility index (Phi) is 10.5. The number of ether oxygens (including phenoxy) is 2. The number of rotatable bonds is 11. The number of piperazine rings is 1. The number of amides is 3. The van der Waals surface area contributed by atoms with Crippen LogP contribution in [0.4, 0.5) is 4.79 Å². The minimum atomic E-state index is -1.08. The Bertz CT molecular complexity index is 1120. The quantitative estimate of drug-likeness (QED) is 0.444. The predicted octanol–water partition coefficient (Wildman–Crippen LogP) is 1.60. The molecule has 1 fully saturated rings. The van der Waals surface area contributed by atoms with E-state index in [-0.39, 0.29) is 51.3 Å². The Labute approximate surface area is 220 Å². The van der Waals surface area contributed by atoms with Crippen LogP contribution in [-0.2, 0) is 25.5 Å². The summed E-state index contributed by atoms with van der Waals surface area (Å²) in [4.78, 5) is 61.8. The van der Waals surface area contributed by atoms with E-state index in [2.05, 4.69) is 15.3 Å². The van der Waals surface area contributed by atoms with E-state index in [1.807, 2.05) is 30.3 Å². The third-order valence-corrected chi connectivity index (χ3v) is 5.97. The molecule has 0 radical (unpaired) electrons. The van der Waals surface area contributed by atoms with Gasteiger partial charge in [-0.05, 0) is 19.4 Å². The lowest BCUT2D eigenvalue weighted by Gasteiger charge is -2.35. The first kappa shape index (κ1) is 28.5. The molecular formula is C26H33N5O7. The molecule has 204 valence electrons. The van der Waals surface area contributed by atoms with Crippen LogP contribution in [0.25, 0.3) is 11.4 Å². The Balaban J connectivity index is 1.78. The van der Waals surface area contributed by atoms with E-state index >= 15 is 0 Å². The molecule has 2 heterocycles. The Morgan fingerprint density at radius 3 is 2.37 bits per heavy atom. The summed E-state index contributed by atoms with van der Waals surface area (Å²) in [5.41, 5.74) is 1.37. The summed E-state index contributed by atoms with van der Waals surface area (Å²) in [5, 5.41) is 11.9. The number of benzene rings is 1. The highest BCUT2D eigenvalue weighted by Crippen LogP contribution is 2.17. The van der Waals surface area contributed by atoms with Gasteiger partial charge in [-0.2, -0.15) is 0 Å². The molecule has 1 aliphatic rings. The standard InChI is InChI=1S/C26H33N5O7/c1-3-38-26(36)31-14-12-30(13-15-31)25(35)20(9-10-22(32)33)29-24(34)21-17-19(11-16-37-2)27-23(28-21)18-7-5-4-6-8-18/h4-8,17,20H,3,9-16H2,1-2H3,(H,29,34)(H,32,33). The maximum absolute atomic E-state index is 13.3. The van der Waals surface area contributed by atoms with Crippen LogP contribution in [0.1, 0.15) is 35.9 Å². The zero-order valence-electron chi connectivity index (χ0n) is 21.6. The van der Waals surface area contributed by atoms with E-state index in [0.717, 1.165) is 5.56 Å². The van der Waals surface area contributed by atoms with Crippen LogP contribution in [0, 0.1) is 0 Å². The normalized spacial score (nSPS) is 14.1. The molecule has 12 heteroatoms. The largest absolute Gasteiger partial charge is 0.481 e. The number of aliphatic carboxylic acids is 1. The molecule has 0 aliphatic carbocycles. The number of hydrogen-bond acceptors (Lipinski definition) is 8. The Hall–Kier alpha value is -4.06. The molecule has 38 heavy (non-hydrogen) atoms. The summed E-state index contributed by atoms with van der Waals surface area (Å²) < 4.78 is 10.2. The first-order valence-electron chi connectivity index (χ1n) is 12.5. The fraction of sp³-hybridized carbons (Fsp3) is 0.462. The van der Waals surface area contributed by atoms with Gasteiger partial charge in [0.25, 0.3) is 5.91 Å². The van der Waals surface area contributed by atoms with Crippen LogP contribution in [0.3, 0.4) is 0 Å². The molecule has 0 bridgehead atoms. The van der Waals surface area contributed by atoms with Crippen molar-refractivity contribution in [3.8, 4) is 11.4 Å². The fourth-order valence-corrected chi connectivity index (χ4v) is 3.97. The van der Waals surface area contributed by atoms with Gasteiger partial charge in [0.2, 0.25) is 5.91 Å². The molecule has 1 unspecified atom stereocenters. The van der Waals surface area contributed by atoms with E-state index in [0.29, 0.717) is 24.5 Å². The minimum absolute atomic E-state index is 0.0604. The average molecular weight is 528 g/mol. The highest BCUT2D eigenvalue weighted by molar-refractivity contribution is 5.96. The van der Waals surface area contributed by atoms with Crippen LogP contribution in [-0.4, -0.2) is 101 Å². The van der Waals surface area contributed by atoms with E-state index in [9.17, 15) is 24.3 Å². The van der Waals surface area contributed by atoms with Gasteiger partial charge >= 0.3 is 12.1 Å². The van der Waals surface area contributed by atoms with Crippen molar-refractivity contribution in [2.75, 3.05) is 46.5 Å². The fourth-order valence-electron chi connectivity index (χ4n) is 3.97. The lowest BCUT2D eigenvalue weighted by Crippen LogP contribution is -2.56. The second kappa shape index (κ2) is 14.0. The number of aromatic nitrogens is 2. The van der Waals surface area contributed by atoms with Gasteiger partial charge in [-0.1, -0.05) is 30.3 Å². The highest BCUT2D eigenvalue weighted by atomic mass is 16.6. The van der Waals surface area contributed by atoms with Crippen molar-refractivity contribution in [2.45, 2.75) is 32.2 Å². The Morgan fingerprint density at radius 2 is 1.74 bits per heavy atom. The first-order valence-corrected chi connectivity index (χ1v) is 12.5. The second-order valence-electron chi connectivity index (χ2n) is 8.65. The number of carbonyl (C=O) groups is 4. The first-order chi connectivity index (χ1) is 18.3. The SMILES string of the molecule is CCOC(=O)N1CCN(C(=O)C(CCC(=O)O)NC(=O)c2cc(CCOC)nc(-c3ccccc3)n2)CC1. The van der Waals surface area contributed by atoms with Crippen LogP contribution < -0.4 is 5.32 Å². The summed E-state index contributed by atoms with van der Waals surface area (Å²) in [7, 11) is 1.57. The molecule has 3 rings (SSSR count). The maximum atomic E-state index is 13.3. The van der Waals surface area contributed by atoms with Gasteiger partial charge < -0.3 is 29.7 Å². The van der Waals surface area contributed by atoms with Gasteiger partial charge in [0.15, 0.2) is 5.82 Å². The number of hydrogen-bond donors (Lipinski definition) is 2. The minimum Gasteiger partial charge on any atom is -0.481 e. The maximum Gasteiger partial charge on any atom is 0.409 e. The molecule has 1 aromatic heterocycles. The van der Waals surface area contributed by atoms with E-state index in [1.165, 1.54) is 15.9 Å². The molecule has 1 saturated heterocycles. The number of methoxy groups -OCH3 is 1. The topological polar surface area (TPSA) is 151 Å². The molecular weight excluding hydrogens is 494 g/mol. The summed E-state index contributed by atoms with van der Waals surface area (Å²) >= 11 is 0. The number of carboxylic acids is 1. The zero-order valence-corrected chi connectivity index (χ0v) is 21.6. The van der Waals surface area contributed by atoms with Crippen LogP contribution in [0.5, 0.6) is 0 Å². The highest BCUT2D eigenvalue weighted by Gasteiger charge is 2.31. The van der Waals surface area contributed by atoms with Crippen molar-refractivity contribution in [2.24, 2.45) is 0 Å². The molecule has 0 saturated carbocycles. The summed E-state index contributed by atoms with van der Waals surface area (Å²) in [5.74, 6) is -1.76. The lowest BCUT2D eigenvalue weighted by molar-refractivity contribution is -0.138. The van der Waals surface area contributed by atoms with Gasteiger partial charge in [-0.15, -0.1) is 0 Å². The van der Waals surface area contributed by atoms with Crippen molar-refractivity contribution in [1.29, 1.82) is 0 Å². The molecule has 3 amide bonds. The molecule has 2 aromatic rings. The number of nitrogens with zero attached hydrogens (tertiary/aromatic N) is 4. The van der Waals surface area contributed by atoms with Crippen LogP contribution in [0.15, 0.2) is 36.4 Å². The molecule has 2 N–H and O–H groups in total. The molecule has 1 aliphatic heterocycles. The third-order valence-electron chi connectivity index (χ3n) is 5.97. The van der Waals surface area contributed by atoms with Crippen LogP contribution in [0.2, 0.25) is 0 Å². The van der Waals surface area contributed by atoms with E-state index in [1.54, 1.807) is 14.0 Å². The molecule has 12 nitrogen and oxygen atoms in total. The van der Waals surface area contributed by atoms with Gasteiger partial charge in [0, 0.05) is 57.4 Å². The monoisotopic (exact) mass is 527 g/mol. The van der Waals surface area contributed by atoms with E-state index in [4.69, 9.17) is 9.47 Å². The summed E-state index contributed by atoms with van der Waals surface area (Å²) in [6.45, 7) is 3.40. The number of carboxylic acid groups (broad SMARTS) is 1. The van der Waals surface area contributed by atoms with Crippen molar-refractivity contribution in [3.63, 3.8) is 0 Å². The van der Waals surface area contributed by atoms with Gasteiger partial charge in [-0.25, -0.2) is 14.8 Å².